The second kappa shape index (κ2) is 10.4. The van der Waals surface area contributed by atoms with Crippen molar-refractivity contribution in [1.82, 2.24) is 4.90 Å². The van der Waals surface area contributed by atoms with E-state index >= 15 is 0 Å². The minimum absolute atomic E-state index is 0.0949. The summed E-state index contributed by atoms with van der Waals surface area (Å²) in [6, 6.07) is 12.5. The van der Waals surface area contributed by atoms with Crippen LogP contribution in [0.2, 0.25) is 0 Å². The zero-order chi connectivity index (χ0) is 25.0. The molecule has 1 saturated heterocycles. The molecule has 1 aliphatic rings. The number of nitrogens with zero attached hydrogens (tertiary/aromatic N) is 1. The zero-order valence-corrected chi connectivity index (χ0v) is 21.0. The molecule has 1 amide bonds. The number of methoxy groups -OCH3 is 1. The van der Waals surface area contributed by atoms with Crippen LogP contribution in [0.3, 0.4) is 0 Å². The van der Waals surface area contributed by atoms with Crippen molar-refractivity contribution in [3.05, 3.63) is 70.3 Å². The molecule has 0 saturated carbocycles. The van der Waals surface area contributed by atoms with Crippen LogP contribution in [0.1, 0.15) is 62.4 Å². The third kappa shape index (κ3) is 5.17. The summed E-state index contributed by atoms with van der Waals surface area (Å²) in [7, 11) is 1.55. The minimum Gasteiger partial charge on any atom is -0.507 e. The van der Waals surface area contributed by atoms with Gasteiger partial charge >= 0.3 is 0 Å². The molecule has 1 fully saturated rings. The Bertz CT molecular complexity index is 1080. The van der Waals surface area contributed by atoms with Gasteiger partial charge in [-0.2, -0.15) is 0 Å². The number of hydrogen-bond acceptors (Lipinski definition) is 5. The lowest BCUT2D eigenvalue weighted by Crippen LogP contribution is -2.32. The van der Waals surface area contributed by atoms with Crippen LogP contribution >= 0.6 is 0 Å². The SMILES string of the molecule is CCCOc1ccc(C2/C(=C(\O)c3cc(C(C)(C)C)ccc3C)C(=O)C(=O)N2CCOC)cc1. The number of aryl methyl sites for hydroxylation is 1. The predicted molar refractivity (Wildman–Crippen MR) is 133 cm³/mol. The fourth-order valence-electron chi connectivity index (χ4n) is 4.10. The second-order valence-corrected chi connectivity index (χ2v) is 9.68. The molecule has 1 aliphatic heterocycles. The van der Waals surface area contributed by atoms with Gasteiger partial charge in [-0.15, -0.1) is 0 Å². The number of ketones is 1. The fraction of sp³-hybridized carbons (Fsp3) is 0.429. The highest BCUT2D eigenvalue weighted by atomic mass is 16.5. The van der Waals surface area contributed by atoms with Gasteiger partial charge in [-0.3, -0.25) is 9.59 Å². The lowest BCUT2D eigenvalue weighted by atomic mass is 9.84. The van der Waals surface area contributed by atoms with Gasteiger partial charge in [0.2, 0.25) is 0 Å². The predicted octanol–water partition coefficient (Wildman–Crippen LogP) is 5.15. The molecular formula is C28H35NO5. The molecule has 3 rings (SSSR count). The average Bonchev–Trinajstić information content (AvgIpc) is 3.05. The largest absolute Gasteiger partial charge is 0.507 e. The number of Topliss-reactive ketones (excluding diaryl/α,β-unsaturated/α-hetero) is 1. The molecule has 1 atom stereocenters. The number of aliphatic hydroxyl groups excluding tert-OH is 1. The Kier molecular flexibility index (Phi) is 7.82. The Hall–Kier alpha value is -3.12. The van der Waals surface area contributed by atoms with Crippen molar-refractivity contribution in [2.45, 2.75) is 52.5 Å². The molecule has 0 aromatic heterocycles. The van der Waals surface area contributed by atoms with Crippen LogP contribution < -0.4 is 4.74 Å². The maximum Gasteiger partial charge on any atom is 0.295 e. The summed E-state index contributed by atoms with van der Waals surface area (Å²) in [4.78, 5) is 27.7. The maximum atomic E-state index is 13.2. The van der Waals surface area contributed by atoms with E-state index in [1.54, 1.807) is 7.11 Å². The number of amides is 1. The number of benzene rings is 2. The van der Waals surface area contributed by atoms with E-state index in [9.17, 15) is 14.7 Å². The summed E-state index contributed by atoms with van der Waals surface area (Å²) >= 11 is 0. The first-order chi connectivity index (χ1) is 16.1. The van der Waals surface area contributed by atoms with Crippen LogP contribution in [-0.2, 0) is 19.7 Å². The number of ether oxygens (including phenoxy) is 2. The van der Waals surface area contributed by atoms with Crippen LogP contribution in [0, 0.1) is 6.92 Å². The number of carbonyl (C=O) groups is 2. The van der Waals surface area contributed by atoms with E-state index in [2.05, 4.69) is 20.8 Å². The van der Waals surface area contributed by atoms with Crippen LogP contribution in [0.4, 0.5) is 0 Å². The Balaban J connectivity index is 2.15. The summed E-state index contributed by atoms with van der Waals surface area (Å²) in [6.07, 6.45) is 0.895. The van der Waals surface area contributed by atoms with Crippen LogP contribution in [0.25, 0.3) is 5.76 Å². The topological polar surface area (TPSA) is 76.1 Å². The normalized spacial score (nSPS) is 17.9. The first-order valence-corrected chi connectivity index (χ1v) is 11.7. The van der Waals surface area contributed by atoms with Crippen LogP contribution in [-0.4, -0.2) is 48.6 Å². The molecule has 2 aromatic rings. The van der Waals surface area contributed by atoms with E-state index in [-0.39, 0.29) is 29.9 Å². The third-order valence-corrected chi connectivity index (χ3v) is 6.10. The summed E-state index contributed by atoms with van der Waals surface area (Å²) < 4.78 is 10.9. The molecule has 6 heteroatoms. The quantitative estimate of drug-likeness (QED) is 0.332. The van der Waals surface area contributed by atoms with Gasteiger partial charge in [0, 0.05) is 19.2 Å². The van der Waals surface area contributed by atoms with Gasteiger partial charge < -0.3 is 19.5 Å². The second-order valence-electron chi connectivity index (χ2n) is 9.68. The third-order valence-electron chi connectivity index (χ3n) is 6.10. The highest BCUT2D eigenvalue weighted by molar-refractivity contribution is 6.46. The molecule has 0 aliphatic carbocycles. The molecule has 1 unspecified atom stereocenters. The standard InChI is InChI=1S/C28H35NO5/c1-7-15-34-21-12-9-19(10-13-21)24-23(26(31)27(32)29(24)14-16-33-6)25(30)22-17-20(28(3,4)5)11-8-18(22)2/h8-13,17,24,30H,7,14-16H2,1-6H3/b25-23+. The summed E-state index contributed by atoms with van der Waals surface area (Å²) in [6.45, 7) is 11.3. The highest BCUT2D eigenvalue weighted by Gasteiger charge is 2.46. The van der Waals surface area contributed by atoms with E-state index in [0.29, 0.717) is 17.9 Å². The molecule has 0 spiro atoms. The smallest absolute Gasteiger partial charge is 0.295 e. The highest BCUT2D eigenvalue weighted by Crippen LogP contribution is 2.40. The van der Waals surface area contributed by atoms with Crippen LogP contribution in [0.15, 0.2) is 48.0 Å². The van der Waals surface area contributed by atoms with E-state index in [0.717, 1.165) is 23.1 Å². The van der Waals surface area contributed by atoms with E-state index in [1.165, 1.54) is 4.90 Å². The first-order valence-electron chi connectivity index (χ1n) is 11.7. The lowest BCUT2D eigenvalue weighted by Gasteiger charge is -2.25. The van der Waals surface area contributed by atoms with Crippen molar-refractivity contribution in [3.8, 4) is 5.75 Å². The molecule has 0 radical (unpaired) electrons. The fourth-order valence-corrected chi connectivity index (χ4v) is 4.10. The Morgan fingerprint density at radius 3 is 2.32 bits per heavy atom. The number of hydrogen-bond donors (Lipinski definition) is 1. The van der Waals surface area contributed by atoms with E-state index < -0.39 is 17.7 Å². The van der Waals surface area contributed by atoms with Crippen molar-refractivity contribution in [2.24, 2.45) is 0 Å². The lowest BCUT2D eigenvalue weighted by molar-refractivity contribution is -0.140. The molecule has 182 valence electrons. The van der Waals surface area contributed by atoms with E-state index in [4.69, 9.17) is 9.47 Å². The van der Waals surface area contributed by atoms with Crippen molar-refractivity contribution in [2.75, 3.05) is 26.9 Å². The molecule has 1 heterocycles. The molecule has 34 heavy (non-hydrogen) atoms. The zero-order valence-electron chi connectivity index (χ0n) is 21.0. The minimum atomic E-state index is -0.715. The van der Waals surface area contributed by atoms with Crippen LogP contribution in [0.5, 0.6) is 5.75 Å². The molecule has 6 nitrogen and oxygen atoms in total. The maximum absolute atomic E-state index is 13.2. The Morgan fingerprint density at radius 2 is 1.74 bits per heavy atom. The monoisotopic (exact) mass is 465 g/mol. The summed E-state index contributed by atoms with van der Waals surface area (Å²) in [5, 5.41) is 11.4. The molecular weight excluding hydrogens is 430 g/mol. The van der Waals surface area contributed by atoms with E-state index in [1.807, 2.05) is 56.3 Å². The van der Waals surface area contributed by atoms with Gasteiger partial charge in [0.05, 0.1) is 24.8 Å². The van der Waals surface area contributed by atoms with Gasteiger partial charge in [-0.1, -0.05) is 52.0 Å². The number of aliphatic hydroxyl groups is 1. The molecule has 1 N–H and O–H groups in total. The van der Waals surface area contributed by atoms with Crippen molar-refractivity contribution < 1.29 is 24.2 Å². The average molecular weight is 466 g/mol. The van der Waals surface area contributed by atoms with Gasteiger partial charge in [0.1, 0.15) is 11.5 Å². The van der Waals surface area contributed by atoms with Crippen molar-refractivity contribution in [1.29, 1.82) is 0 Å². The summed E-state index contributed by atoms with van der Waals surface area (Å²) in [5.41, 5.74) is 3.10. The van der Waals surface area contributed by atoms with Gasteiger partial charge in [0.15, 0.2) is 0 Å². The first kappa shape index (κ1) is 25.5. The summed E-state index contributed by atoms with van der Waals surface area (Å²) in [5.74, 6) is -0.767. The van der Waals surface area contributed by atoms with Crippen molar-refractivity contribution in [3.63, 3.8) is 0 Å². The Morgan fingerprint density at radius 1 is 1.06 bits per heavy atom. The molecule has 0 bridgehead atoms. The van der Waals surface area contributed by atoms with Crippen molar-refractivity contribution >= 4 is 17.4 Å². The Labute approximate surface area is 202 Å². The number of likely N-dealkylation sites (tertiary alicyclic amines) is 1. The number of carbonyl (C=O) groups excluding carboxylic acids is 2. The molecule has 2 aromatic carbocycles. The van der Waals surface area contributed by atoms with Gasteiger partial charge in [-0.25, -0.2) is 0 Å². The van der Waals surface area contributed by atoms with Gasteiger partial charge in [0.25, 0.3) is 11.7 Å². The van der Waals surface area contributed by atoms with Gasteiger partial charge in [-0.05, 0) is 53.6 Å². The number of rotatable bonds is 8.